The fraction of sp³-hybridized carbons (Fsp3) is 0.810. The van der Waals surface area contributed by atoms with E-state index in [1.807, 2.05) is 11.3 Å². The monoisotopic (exact) mass is 388 g/mol. The number of hydrogen-bond acceptors (Lipinski definition) is 5. The smallest absolute Gasteiger partial charge is 0.223 e. The molecular formula is C21H32N4OS. The zero-order valence-electron chi connectivity index (χ0n) is 16.7. The second kappa shape index (κ2) is 6.73. The van der Waals surface area contributed by atoms with Crippen molar-refractivity contribution in [2.75, 3.05) is 24.5 Å². The highest BCUT2D eigenvalue weighted by molar-refractivity contribution is 7.15. The first-order valence-electron chi connectivity index (χ1n) is 10.8. The molecule has 5 nitrogen and oxygen atoms in total. The van der Waals surface area contributed by atoms with Gasteiger partial charge >= 0.3 is 0 Å². The maximum Gasteiger partial charge on any atom is 0.223 e. The summed E-state index contributed by atoms with van der Waals surface area (Å²) in [5.41, 5.74) is 1.19. The average molecular weight is 389 g/mol. The highest BCUT2D eigenvalue weighted by Gasteiger charge is 2.42. The predicted octanol–water partition coefficient (Wildman–Crippen LogP) is 3.28. The molecule has 1 aliphatic carbocycles. The Morgan fingerprint density at radius 3 is 2.59 bits per heavy atom. The molecule has 27 heavy (non-hydrogen) atoms. The minimum absolute atomic E-state index is 0.0548. The molecule has 148 valence electrons. The Balaban J connectivity index is 1.37. The number of carbonyl (C=O) groups excluding carboxylic acids is 1. The quantitative estimate of drug-likeness (QED) is 0.863. The highest BCUT2D eigenvalue weighted by Crippen LogP contribution is 2.42. The molecule has 3 aliphatic heterocycles. The number of piperazine rings is 1. The van der Waals surface area contributed by atoms with E-state index in [0.717, 1.165) is 32.6 Å². The van der Waals surface area contributed by atoms with E-state index < -0.39 is 0 Å². The van der Waals surface area contributed by atoms with Crippen molar-refractivity contribution in [3.63, 3.8) is 0 Å². The van der Waals surface area contributed by atoms with Crippen molar-refractivity contribution in [1.82, 2.24) is 15.2 Å². The number of hydrogen-bond donors (Lipinski definition) is 1. The molecule has 4 aliphatic rings. The van der Waals surface area contributed by atoms with Crippen LogP contribution in [0, 0.1) is 5.92 Å². The summed E-state index contributed by atoms with van der Waals surface area (Å²) in [5.74, 6) is 0.980. The van der Waals surface area contributed by atoms with E-state index in [2.05, 4.69) is 29.0 Å². The summed E-state index contributed by atoms with van der Waals surface area (Å²) in [6.45, 7) is 8.26. The normalized spacial score (nSPS) is 30.0. The van der Waals surface area contributed by atoms with Gasteiger partial charge in [0.05, 0.1) is 12.2 Å². The van der Waals surface area contributed by atoms with Crippen molar-refractivity contribution in [1.29, 1.82) is 0 Å². The highest BCUT2D eigenvalue weighted by atomic mass is 32.1. The summed E-state index contributed by atoms with van der Waals surface area (Å²) in [5, 5.41) is 4.76. The Labute approximate surface area is 166 Å². The van der Waals surface area contributed by atoms with Gasteiger partial charge in [-0.2, -0.15) is 0 Å². The molecule has 1 amide bonds. The van der Waals surface area contributed by atoms with E-state index in [9.17, 15) is 4.79 Å². The number of fused-ring (bicyclic) bond motifs is 3. The lowest BCUT2D eigenvalue weighted by atomic mass is 9.84. The van der Waals surface area contributed by atoms with Gasteiger partial charge in [-0.25, -0.2) is 4.98 Å². The van der Waals surface area contributed by atoms with Crippen LogP contribution >= 0.6 is 11.3 Å². The molecule has 1 aromatic heterocycles. The molecule has 5 rings (SSSR count). The first-order valence-corrected chi connectivity index (χ1v) is 11.6. The number of aromatic nitrogens is 1. The Hall–Kier alpha value is -1.14. The lowest BCUT2D eigenvalue weighted by molar-refractivity contribution is -0.134. The van der Waals surface area contributed by atoms with Crippen LogP contribution < -0.4 is 10.2 Å². The molecule has 4 heterocycles. The van der Waals surface area contributed by atoms with Gasteiger partial charge in [0, 0.05) is 48.4 Å². The van der Waals surface area contributed by atoms with E-state index >= 15 is 0 Å². The van der Waals surface area contributed by atoms with Crippen LogP contribution in [0.3, 0.4) is 0 Å². The zero-order valence-corrected chi connectivity index (χ0v) is 17.5. The Kier molecular flexibility index (Phi) is 4.47. The Morgan fingerprint density at radius 1 is 1.19 bits per heavy atom. The summed E-state index contributed by atoms with van der Waals surface area (Å²) in [6, 6.07) is 1.19. The zero-order chi connectivity index (χ0) is 18.6. The van der Waals surface area contributed by atoms with E-state index in [-0.39, 0.29) is 5.41 Å². The number of carbonyl (C=O) groups is 1. The minimum atomic E-state index is -0.0548. The van der Waals surface area contributed by atoms with Gasteiger partial charge in [-0.15, -0.1) is 0 Å². The molecular weight excluding hydrogens is 356 g/mol. The number of anilines is 1. The maximum absolute atomic E-state index is 13.0. The molecule has 6 heteroatoms. The van der Waals surface area contributed by atoms with Crippen LogP contribution in [0.25, 0.3) is 0 Å². The van der Waals surface area contributed by atoms with Gasteiger partial charge in [-0.05, 0) is 31.6 Å². The fourth-order valence-corrected chi connectivity index (χ4v) is 7.12. The average Bonchev–Trinajstić information content (AvgIpc) is 3.33. The van der Waals surface area contributed by atoms with E-state index in [1.165, 1.54) is 54.2 Å². The molecule has 1 N–H and O–H groups in total. The maximum atomic E-state index is 13.0. The van der Waals surface area contributed by atoms with E-state index in [0.29, 0.717) is 23.9 Å². The number of nitrogens with zero attached hydrogens (tertiary/aromatic N) is 3. The van der Waals surface area contributed by atoms with Crippen molar-refractivity contribution in [3.8, 4) is 0 Å². The number of amides is 1. The third kappa shape index (κ3) is 3.19. The summed E-state index contributed by atoms with van der Waals surface area (Å²) >= 11 is 1.85. The molecule has 2 atom stereocenters. The summed E-state index contributed by atoms with van der Waals surface area (Å²) < 4.78 is 0. The summed E-state index contributed by atoms with van der Waals surface area (Å²) in [6.07, 6.45) is 8.39. The van der Waals surface area contributed by atoms with Crippen molar-refractivity contribution in [2.45, 2.75) is 82.8 Å². The third-order valence-corrected chi connectivity index (χ3v) is 8.19. The van der Waals surface area contributed by atoms with Crippen molar-refractivity contribution >= 4 is 22.4 Å². The van der Waals surface area contributed by atoms with Gasteiger partial charge in [0.2, 0.25) is 5.91 Å². The molecule has 2 saturated heterocycles. The van der Waals surface area contributed by atoms with Crippen LogP contribution in [0.5, 0.6) is 0 Å². The van der Waals surface area contributed by atoms with Crippen LogP contribution in [0.1, 0.15) is 69.4 Å². The van der Waals surface area contributed by atoms with Crippen LogP contribution in [0.4, 0.5) is 5.13 Å². The number of nitrogens with one attached hydrogen (secondary N) is 1. The predicted molar refractivity (Wildman–Crippen MR) is 109 cm³/mol. The van der Waals surface area contributed by atoms with Gasteiger partial charge < -0.3 is 15.1 Å². The molecule has 0 spiro atoms. The fourth-order valence-electron chi connectivity index (χ4n) is 5.72. The summed E-state index contributed by atoms with van der Waals surface area (Å²) in [4.78, 5) is 24.1. The van der Waals surface area contributed by atoms with Crippen molar-refractivity contribution < 1.29 is 4.79 Å². The molecule has 1 aromatic rings. The first-order chi connectivity index (χ1) is 13.0. The van der Waals surface area contributed by atoms with Gasteiger partial charge in [-0.1, -0.05) is 38.0 Å². The Morgan fingerprint density at radius 2 is 1.89 bits per heavy atom. The Bertz CT molecular complexity index is 708. The van der Waals surface area contributed by atoms with Crippen LogP contribution in [0.15, 0.2) is 0 Å². The van der Waals surface area contributed by atoms with Crippen molar-refractivity contribution in [3.05, 3.63) is 10.6 Å². The van der Waals surface area contributed by atoms with Gasteiger partial charge in [-0.3, -0.25) is 4.79 Å². The lowest BCUT2D eigenvalue weighted by Gasteiger charge is -2.37. The third-order valence-electron chi connectivity index (χ3n) is 7.14. The minimum Gasteiger partial charge on any atom is -0.340 e. The molecule has 0 radical (unpaired) electrons. The van der Waals surface area contributed by atoms with E-state index in [1.54, 1.807) is 0 Å². The van der Waals surface area contributed by atoms with E-state index in [4.69, 9.17) is 4.98 Å². The van der Waals surface area contributed by atoms with Crippen LogP contribution in [-0.4, -0.2) is 47.5 Å². The standard InChI is InChI=1S/C21H32N4OS/c1-21(2)13-24(18(26)9-14-5-3-4-6-14)12-17-19(21)23-20(27-17)25-15-7-8-16(25)11-22-10-15/h14-16,22H,3-13H2,1-2H3. The number of rotatable bonds is 3. The SMILES string of the molecule is CC1(C)CN(C(=O)CC2CCCC2)Cc2sc(N3C4CCC3CNC4)nc21. The second-order valence-electron chi connectivity index (χ2n) is 9.71. The largest absolute Gasteiger partial charge is 0.340 e. The molecule has 3 fully saturated rings. The van der Waals surface area contributed by atoms with Crippen LogP contribution in [0.2, 0.25) is 0 Å². The molecule has 2 unspecified atom stereocenters. The topological polar surface area (TPSA) is 48.5 Å². The van der Waals surface area contributed by atoms with Gasteiger partial charge in [0.15, 0.2) is 5.13 Å². The lowest BCUT2D eigenvalue weighted by Crippen LogP contribution is -2.52. The van der Waals surface area contributed by atoms with Crippen LogP contribution in [-0.2, 0) is 16.8 Å². The molecule has 0 aromatic carbocycles. The summed E-state index contributed by atoms with van der Waals surface area (Å²) in [7, 11) is 0. The molecule has 1 saturated carbocycles. The van der Waals surface area contributed by atoms with Gasteiger partial charge in [0.25, 0.3) is 0 Å². The van der Waals surface area contributed by atoms with Crippen molar-refractivity contribution in [2.24, 2.45) is 5.92 Å². The second-order valence-corrected chi connectivity index (χ2v) is 10.8. The van der Waals surface area contributed by atoms with Gasteiger partial charge in [0.1, 0.15) is 0 Å². The molecule has 2 bridgehead atoms. The first kappa shape index (κ1) is 17.9. The number of thiazole rings is 1.